The maximum atomic E-state index is 13.2. The van der Waals surface area contributed by atoms with Crippen LogP contribution in [0.25, 0.3) is 5.76 Å². The monoisotopic (exact) mass is 429 g/mol. The number of carbonyl (C=O) groups is 2. The molecule has 1 N–H and O–H groups in total. The molecule has 3 aliphatic rings. The number of likely N-dealkylation sites (N-methyl/N-ethyl adjacent to an activating group) is 1. The molecule has 0 saturated carbocycles. The van der Waals surface area contributed by atoms with Crippen molar-refractivity contribution in [1.82, 2.24) is 15.1 Å². The van der Waals surface area contributed by atoms with E-state index in [1.807, 2.05) is 35.2 Å². The Bertz CT molecular complexity index is 912. The Morgan fingerprint density at radius 3 is 2.90 bits per heavy atom. The number of thioether (sulfide) groups is 1. The van der Waals surface area contributed by atoms with Crippen molar-refractivity contribution in [3.63, 3.8) is 0 Å². The first-order chi connectivity index (χ1) is 14.0. The molecule has 1 aromatic rings. The van der Waals surface area contributed by atoms with Gasteiger partial charge in [-0.3, -0.25) is 9.59 Å². The lowest BCUT2D eigenvalue weighted by Crippen LogP contribution is -2.35. The standard InChI is InChI=1S/C21H23N3O3S2/c1-23-9-4-10-24(12-11-23)20(26)16-6-3-2-5-15(16)17-8-7-14(27-17)13-18-19(25)22-21(28)29-18/h2-3,5-6,8,13-14H,4,7,9-12H2,1H3,(H,22,25,28)/b18-13-. The van der Waals surface area contributed by atoms with Gasteiger partial charge in [-0.25, -0.2) is 0 Å². The zero-order chi connectivity index (χ0) is 20.4. The quantitative estimate of drug-likeness (QED) is 0.589. The van der Waals surface area contributed by atoms with Crippen LogP contribution in [0, 0.1) is 0 Å². The number of nitrogens with one attached hydrogen (secondary N) is 1. The normalized spacial score (nSPS) is 24.3. The second kappa shape index (κ2) is 8.69. The maximum Gasteiger partial charge on any atom is 0.263 e. The first-order valence-electron chi connectivity index (χ1n) is 9.70. The first-order valence-corrected chi connectivity index (χ1v) is 10.9. The highest BCUT2D eigenvalue weighted by Crippen LogP contribution is 2.32. The van der Waals surface area contributed by atoms with Crippen molar-refractivity contribution >= 4 is 45.9 Å². The summed E-state index contributed by atoms with van der Waals surface area (Å²) in [6.45, 7) is 3.37. The van der Waals surface area contributed by atoms with Gasteiger partial charge in [0.15, 0.2) is 0 Å². The van der Waals surface area contributed by atoms with Crippen LogP contribution in [0.3, 0.4) is 0 Å². The molecule has 8 heteroatoms. The predicted octanol–water partition coefficient (Wildman–Crippen LogP) is 2.63. The minimum absolute atomic E-state index is 0.0401. The summed E-state index contributed by atoms with van der Waals surface area (Å²) in [5.41, 5.74) is 1.46. The summed E-state index contributed by atoms with van der Waals surface area (Å²) in [6, 6.07) is 7.58. The number of benzene rings is 1. The summed E-state index contributed by atoms with van der Waals surface area (Å²) in [5, 5.41) is 2.61. The smallest absolute Gasteiger partial charge is 0.263 e. The Morgan fingerprint density at radius 2 is 2.10 bits per heavy atom. The van der Waals surface area contributed by atoms with Crippen LogP contribution in [0.2, 0.25) is 0 Å². The Morgan fingerprint density at radius 1 is 1.28 bits per heavy atom. The van der Waals surface area contributed by atoms with E-state index < -0.39 is 0 Å². The number of ether oxygens (including phenoxy) is 1. The number of hydrogen-bond acceptors (Lipinski definition) is 6. The van der Waals surface area contributed by atoms with Crippen LogP contribution in [-0.4, -0.2) is 65.3 Å². The third-order valence-corrected chi connectivity index (χ3v) is 6.40. The molecule has 1 unspecified atom stereocenters. The molecule has 0 aliphatic carbocycles. The van der Waals surface area contributed by atoms with Crippen molar-refractivity contribution in [2.45, 2.75) is 18.9 Å². The molecule has 0 bridgehead atoms. The highest BCUT2D eigenvalue weighted by molar-refractivity contribution is 8.26. The summed E-state index contributed by atoms with van der Waals surface area (Å²) in [7, 11) is 2.09. The largest absolute Gasteiger partial charge is 0.486 e. The Balaban J connectivity index is 1.50. The maximum absolute atomic E-state index is 13.2. The summed E-state index contributed by atoms with van der Waals surface area (Å²) in [6.07, 6.45) is 5.17. The summed E-state index contributed by atoms with van der Waals surface area (Å²) in [5.74, 6) is 0.547. The number of carbonyl (C=O) groups excluding carboxylic acids is 2. The van der Waals surface area contributed by atoms with Crippen molar-refractivity contribution in [3.05, 3.63) is 52.4 Å². The molecule has 6 nitrogen and oxygen atoms in total. The second-order valence-corrected chi connectivity index (χ2v) is 9.05. The van der Waals surface area contributed by atoms with Gasteiger partial charge in [-0.15, -0.1) is 0 Å². The van der Waals surface area contributed by atoms with Crippen LogP contribution >= 0.6 is 24.0 Å². The molecule has 2 amide bonds. The fraction of sp³-hybridized carbons (Fsp3) is 0.381. The van der Waals surface area contributed by atoms with Gasteiger partial charge in [0.1, 0.15) is 16.2 Å². The van der Waals surface area contributed by atoms with Gasteiger partial charge in [-0.2, -0.15) is 0 Å². The molecular weight excluding hydrogens is 406 g/mol. The van der Waals surface area contributed by atoms with Gasteiger partial charge in [-0.1, -0.05) is 42.2 Å². The molecule has 3 heterocycles. The Labute approximate surface area is 179 Å². The highest BCUT2D eigenvalue weighted by atomic mass is 32.2. The van der Waals surface area contributed by atoms with E-state index in [2.05, 4.69) is 17.3 Å². The fourth-order valence-corrected chi connectivity index (χ4v) is 4.74. The van der Waals surface area contributed by atoms with E-state index in [4.69, 9.17) is 17.0 Å². The van der Waals surface area contributed by atoms with E-state index in [-0.39, 0.29) is 17.9 Å². The van der Waals surface area contributed by atoms with Crippen LogP contribution in [0.1, 0.15) is 28.8 Å². The molecule has 3 aliphatic heterocycles. The van der Waals surface area contributed by atoms with E-state index in [1.54, 1.807) is 6.08 Å². The van der Waals surface area contributed by atoms with Crippen LogP contribution in [0.5, 0.6) is 0 Å². The van der Waals surface area contributed by atoms with Crippen LogP contribution < -0.4 is 5.32 Å². The number of rotatable bonds is 3. The van der Waals surface area contributed by atoms with Gasteiger partial charge < -0.3 is 19.9 Å². The molecule has 0 radical (unpaired) electrons. The van der Waals surface area contributed by atoms with Crippen LogP contribution in [-0.2, 0) is 9.53 Å². The average molecular weight is 430 g/mol. The number of nitrogens with zero attached hydrogens (tertiary/aromatic N) is 2. The summed E-state index contributed by atoms with van der Waals surface area (Å²) in [4.78, 5) is 29.8. The molecule has 4 rings (SSSR count). The molecule has 152 valence electrons. The first kappa shape index (κ1) is 20.1. The third kappa shape index (κ3) is 4.55. The average Bonchev–Trinajstić information content (AvgIpc) is 3.22. The van der Waals surface area contributed by atoms with Crippen molar-refractivity contribution in [3.8, 4) is 0 Å². The van der Waals surface area contributed by atoms with Gasteiger partial charge in [0.2, 0.25) is 0 Å². The van der Waals surface area contributed by atoms with Crippen molar-refractivity contribution in [1.29, 1.82) is 0 Å². The van der Waals surface area contributed by atoms with Crippen molar-refractivity contribution in [2.75, 3.05) is 33.2 Å². The minimum atomic E-state index is -0.242. The highest BCUT2D eigenvalue weighted by Gasteiger charge is 2.28. The lowest BCUT2D eigenvalue weighted by atomic mass is 10.0. The van der Waals surface area contributed by atoms with Gasteiger partial charge in [0.05, 0.1) is 10.5 Å². The van der Waals surface area contributed by atoms with Gasteiger partial charge in [0.25, 0.3) is 11.8 Å². The third-order valence-electron chi connectivity index (χ3n) is 5.22. The zero-order valence-electron chi connectivity index (χ0n) is 16.2. The number of amides is 2. The summed E-state index contributed by atoms with van der Waals surface area (Å²) < 4.78 is 6.55. The molecule has 2 fully saturated rings. The van der Waals surface area contributed by atoms with E-state index in [0.717, 1.165) is 38.2 Å². The van der Waals surface area contributed by atoms with Crippen LogP contribution in [0.4, 0.5) is 0 Å². The van der Waals surface area contributed by atoms with Crippen molar-refractivity contribution < 1.29 is 14.3 Å². The lowest BCUT2D eigenvalue weighted by Gasteiger charge is -2.22. The zero-order valence-corrected chi connectivity index (χ0v) is 17.9. The molecular formula is C21H23N3O3S2. The molecule has 0 aromatic heterocycles. The predicted molar refractivity (Wildman–Crippen MR) is 118 cm³/mol. The molecule has 29 heavy (non-hydrogen) atoms. The van der Waals surface area contributed by atoms with Gasteiger partial charge in [-0.05, 0) is 38.2 Å². The SMILES string of the molecule is CN1CCCN(C(=O)c2ccccc2C2=CCC(/C=C3\SC(=S)NC3=O)O2)CC1. The number of thiocarbonyl (C=S) groups is 1. The molecule has 0 spiro atoms. The topological polar surface area (TPSA) is 61.9 Å². The van der Waals surface area contributed by atoms with E-state index in [0.29, 0.717) is 27.0 Å². The van der Waals surface area contributed by atoms with Gasteiger partial charge in [0, 0.05) is 31.6 Å². The van der Waals surface area contributed by atoms with E-state index >= 15 is 0 Å². The lowest BCUT2D eigenvalue weighted by molar-refractivity contribution is -0.115. The number of hydrogen-bond donors (Lipinski definition) is 1. The molecule has 2 saturated heterocycles. The van der Waals surface area contributed by atoms with E-state index in [1.165, 1.54) is 11.8 Å². The minimum Gasteiger partial charge on any atom is -0.486 e. The molecule has 1 atom stereocenters. The van der Waals surface area contributed by atoms with Gasteiger partial charge >= 0.3 is 0 Å². The molecule has 1 aromatic carbocycles. The van der Waals surface area contributed by atoms with E-state index in [9.17, 15) is 9.59 Å². The van der Waals surface area contributed by atoms with Crippen LogP contribution in [0.15, 0.2) is 41.3 Å². The summed E-state index contributed by atoms with van der Waals surface area (Å²) >= 11 is 6.28. The Hall–Kier alpha value is -2.16. The second-order valence-electron chi connectivity index (χ2n) is 7.33. The van der Waals surface area contributed by atoms with Crippen molar-refractivity contribution in [2.24, 2.45) is 0 Å². The Kier molecular flexibility index (Phi) is 6.03. The fourth-order valence-electron chi connectivity index (χ4n) is 3.67.